The van der Waals surface area contributed by atoms with Gasteiger partial charge in [-0.3, -0.25) is 4.79 Å². The summed E-state index contributed by atoms with van der Waals surface area (Å²) in [6, 6.07) is 0. The number of thioether (sulfide) groups is 1. The minimum Gasteiger partial charge on any atom is -0.465 e. The van der Waals surface area contributed by atoms with Crippen LogP contribution in [-0.2, 0) is 9.53 Å². The van der Waals surface area contributed by atoms with Crippen LogP contribution in [0.4, 0.5) is 0 Å². The third-order valence-electron chi connectivity index (χ3n) is 2.89. The quantitative estimate of drug-likeness (QED) is 0.710. The fraction of sp³-hybridized carbons (Fsp3) is 0.917. The van der Waals surface area contributed by atoms with Gasteiger partial charge in [0.1, 0.15) is 4.75 Å². The number of carbonyl (C=O) groups is 1. The Hall–Kier alpha value is -0.220. The van der Waals surface area contributed by atoms with Crippen molar-refractivity contribution < 1.29 is 9.53 Å². The zero-order valence-electron chi connectivity index (χ0n) is 10.8. The van der Waals surface area contributed by atoms with E-state index in [0.717, 1.165) is 13.1 Å². The summed E-state index contributed by atoms with van der Waals surface area (Å²) < 4.78 is 4.69. The molecular formula is C12H23NO2S. The molecule has 0 aromatic rings. The Morgan fingerprint density at radius 3 is 2.50 bits per heavy atom. The third-order valence-corrected chi connectivity index (χ3v) is 4.45. The predicted octanol–water partition coefficient (Wildman–Crippen LogP) is 2.16. The number of likely N-dealkylation sites (tertiary alicyclic amines) is 1. The lowest BCUT2D eigenvalue weighted by Crippen LogP contribution is -2.37. The van der Waals surface area contributed by atoms with Gasteiger partial charge in [0, 0.05) is 5.25 Å². The fourth-order valence-corrected chi connectivity index (χ4v) is 3.31. The van der Waals surface area contributed by atoms with Crippen molar-refractivity contribution in [3.05, 3.63) is 0 Å². The topological polar surface area (TPSA) is 29.5 Å². The molecule has 1 aliphatic heterocycles. The third kappa shape index (κ3) is 3.98. The number of nitrogens with zero attached hydrogens (tertiary/aromatic N) is 1. The summed E-state index contributed by atoms with van der Waals surface area (Å²) in [5.74, 6) is -0.0843. The van der Waals surface area contributed by atoms with Crippen molar-refractivity contribution in [2.75, 3.05) is 26.7 Å². The average Bonchev–Trinajstić information content (AvgIpc) is 2.21. The minimum absolute atomic E-state index is 0.0843. The summed E-state index contributed by atoms with van der Waals surface area (Å²) in [5.41, 5.74) is 0. The highest BCUT2D eigenvalue weighted by atomic mass is 32.2. The number of hydrogen-bond donors (Lipinski definition) is 0. The first-order valence-electron chi connectivity index (χ1n) is 5.99. The zero-order chi connectivity index (χ0) is 12.2. The van der Waals surface area contributed by atoms with Crippen LogP contribution in [0, 0.1) is 0 Å². The second kappa shape index (κ2) is 5.92. The molecule has 0 atom stereocenters. The minimum atomic E-state index is -0.406. The van der Waals surface area contributed by atoms with E-state index in [4.69, 9.17) is 4.74 Å². The van der Waals surface area contributed by atoms with Gasteiger partial charge in [-0.15, -0.1) is 11.8 Å². The summed E-state index contributed by atoms with van der Waals surface area (Å²) in [5, 5.41) is 0.593. The average molecular weight is 245 g/mol. The van der Waals surface area contributed by atoms with Gasteiger partial charge in [0.15, 0.2) is 0 Å². The van der Waals surface area contributed by atoms with Crippen LogP contribution in [0.25, 0.3) is 0 Å². The highest BCUT2D eigenvalue weighted by Gasteiger charge is 2.33. The van der Waals surface area contributed by atoms with E-state index in [1.54, 1.807) is 11.8 Å². The molecule has 0 N–H and O–H groups in total. The van der Waals surface area contributed by atoms with E-state index >= 15 is 0 Å². The van der Waals surface area contributed by atoms with Crippen LogP contribution >= 0.6 is 11.8 Å². The Balaban J connectivity index is 2.42. The molecule has 1 saturated heterocycles. The molecule has 0 aromatic carbocycles. The Bertz CT molecular complexity index is 235. The van der Waals surface area contributed by atoms with Gasteiger partial charge in [-0.1, -0.05) is 0 Å². The van der Waals surface area contributed by atoms with Gasteiger partial charge in [0.25, 0.3) is 0 Å². The van der Waals surface area contributed by atoms with Crippen LogP contribution in [0.15, 0.2) is 0 Å². The fourth-order valence-electron chi connectivity index (χ4n) is 1.87. The Labute approximate surface area is 103 Å². The summed E-state index contributed by atoms with van der Waals surface area (Å²) >= 11 is 1.77. The highest BCUT2D eigenvalue weighted by molar-refractivity contribution is 8.01. The van der Waals surface area contributed by atoms with Crippen LogP contribution in [-0.4, -0.2) is 47.6 Å². The Morgan fingerprint density at radius 1 is 1.44 bits per heavy atom. The van der Waals surface area contributed by atoms with Gasteiger partial charge in [-0.25, -0.2) is 0 Å². The molecule has 0 radical (unpaired) electrons. The molecule has 4 heteroatoms. The van der Waals surface area contributed by atoms with E-state index in [1.165, 1.54) is 12.8 Å². The lowest BCUT2D eigenvalue weighted by atomic mass is 10.1. The maximum absolute atomic E-state index is 11.7. The largest absolute Gasteiger partial charge is 0.465 e. The number of ether oxygens (including phenoxy) is 1. The predicted molar refractivity (Wildman–Crippen MR) is 68.8 cm³/mol. The van der Waals surface area contributed by atoms with Gasteiger partial charge in [-0.2, -0.15) is 0 Å². The van der Waals surface area contributed by atoms with Crippen molar-refractivity contribution in [3.8, 4) is 0 Å². The van der Waals surface area contributed by atoms with Crippen LogP contribution in [0.1, 0.15) is 33.6 Å². The smallest absolute Gasteiger partial charge is 0.321 e. The number of rotatable bonds is 4. The standard InChI is InChI=1S/C12H23NO2S/c1-5-15-11(14)12(2,3)16-10-6-8-13(4)9-7-10/h10H,5-9H2,1-4H3. The van der Waals surface area contributed by atoms with Crippen molar-refractivity contribution in [1.82, 2.24) is 4.90 Å². The van der Waals surface area contributed by atoms with E-state index in [9.17, 15) is 4.79 Å². The van der Waals surface area contributed by atoms with Gasteiger partial charge >= 0.3 is 5.97 Å². The molecule has 1 rings (SSSR count). The maximum atomic E-state index is 11.7. The SMILES string of the molecule is CCOC(=O)C(C)(C)SC1CCN(C)CC1. The maximum Gasteiger partial charge on any atom is 0.321 e. The number of piperidine rings is 1. The first kappa shape index (κ1) is 13.8. The van der Waals surface area contributed by atoms with Gasteiger partial charge in [0.05, 0.1) is 6.61 Å². The zero-order valence-corrected chi connectivity index (χ0v) is 11.6. The summed E-state index contributed by atoms with van der Waals surface area (Å²) in [4.78, 5) is 14.1. The van der Waals surface area contributed by atoms with E-state index < -0.39 is 4.75 Å². The second-order valence-electron chi connectivity index (χ2n) is 4.85. The lowest BCUT2D eigenvalue weighted by Gasteiger charge is -2.33. The molecule has 1 heterocycles. The normalized spacial score (nSPS) is 19.8. The van der Waals surface area contributed by atoms with Crippen LogP contribution in [0.3, 0.4) is 0 Å². The van der Waals surface area contributed by atoms with Crippen molar-refractivity contribution in [2.45, 2.75) is 43.6 Å². The van der Waals surface area contributed by atoms with E-state index in [1.807, 2.05) is 20.8 Å². The molecule has 0 amide bonds. The first-order chi connectivity index (χ1) is 7.45. The van der Waals surface area contributed by atoms with E-state index in [2.05, 4.69) is 11.9 Å². The second-order valence-corrected chi connectivity index (χ2v) is 6.77. The lowest BCUT2D eigenvalue weighted by molar-refractivity contribution is -0.145. The molecular weight excluding hydrogens is 222 g/mol. The summed E-state index contributed by atoms with van der Waals surface area (Å²) in [6.07, 6.45) is 2.34. The monoisotopic (exact) mass is 245 g/mol. The summed E-state index contributed by atoms with van der Waals surface area (Å²) in [6.45, 7) is 8.53. The molecule has 16 heavy (non-hydrogen) atoms. The van der Waals surface area contributed by atoms with Crippen LogP contribution in [0.2, 0.25) is 0 Å². The molecule has 0 bridgehead atoms. The highest BCUT2D eigenvalue weighted by Crippen LogP contribution is 2.34. The molecule has 0 spiro atoms. The number of hydrogen-bond acceptors (Lipinski definition) is 4. The van der Waals surface area contributed by atoms with Crippen molar-refractivity contribution in [2.24, 2.45) is 0 Å². The number of esters is 1. The van der Waals surface area contributed by atoms with E-state index in [0.29, 0.717) is 11.9 Å². The van der Waals surface area contributed by atoms with Gasteiger partial charge < -0.3 is 9.64 Å². The van der Waals surface area contributed by atoms with Crippen LogP contribution in [0.5, 0.6) is 0 Å². The molecule has 94 valence electrons. The van der Waals surface area contributed by atoms with Gasteiger partial charge in [0.2, 0.25) is 0 Å². The van der Waals surface area contributed by atoms with Crippen LogP contribution < -0.4 is 0 Å². The Kier molecular flexibility index (Phi) is 5.12. The first-order valence-corrected chi connectivity index (χ1v) is 6.87. The summed E-state index contributed by atoms with van der Waals surface area (Å²) in [7, 11) is 2.15. The molecule has 1 fully saturated rings. The Morgan fingerprint density at radius 2 is 2.00 bits per heavy atom. The molecule has 0 saturated carbocycles. The van der Waals surface area contributed by atoms with E-state index in [-0.39, 0.29) is 5.97 Å². The molecule has 1 aliphatic rings. The van der Waals surface area contributed by atoms with Gasteiger partial charge in [-0.05, 0) is 53.8 Å². The molecule has 0 unspecified atom stereocenters. The van der Waals surface area contributed by atoms with Crippen molar-refractivity contribution in [3.63, 3.8) is 0 Å². The van der Waals surface area contributed by atoms with Crippen molar-refractivity contribution >= 4 is 17.7 Å². The molecule has 0 aliphatic carbocycles. The molecule has 3 nitrogen and oxygen atoms in total. The van der Waals surface area contributed by atoms with Crippen molar-refractivity contribution in [1.29, 1.82) is 0 Å². The molecule has 0 aromatic heterocycles. The number of carbonyl (C=O) groups excluding carboxylic acids is 1.